The molecule has 8 rings (SSSR count). The largest absolute Gasteiger partial charge is 0.477 e. The molecule has 5 aliphatic rings. The van der Waals surface area contributed by atoms with Gasteiger partial charge in [-0.2, -0.15) is 8.61 Å². The van der Waals surface area contributed by atoms with Crippen LogP contribution in [0.2, 0.25) is 0 Å². The summed E-state index contributed by atoms with van der Waals surface area (Å²) in [6.07, 6.45) is 2.58. The number of aryl methyl sites for hydroxylation is 2. The predicted octanol–water partition coefficient (Wildman–Crippen LogP) is 4.08. The van der Waals surface area contributed by atoms with E-state index in [9.17, 15) is 26.4 Å². The molecule has 1 N–H and O–H groups in total. The highest BCUT2D eigenvalue weighted by molar-refractivity contribution is 7.91. The Balaban J connectivity index is 0.000000183. The summed E-state index contributed by atoms with van der Waals surface area (Å²) in [4.78, 5) is 39.6. The number of para-hydroxylation sites is 1. The lowest BCUT2D eigenvalue weighted by atomic mass is 9.87. The van der Waals surface area contributed by atoms with Crippen molar-refractivity contribution in [3.63, 3.8) is 0 Å². The summed E-state index contributed by atoms with van der Waals surface area (Å²) in [5, 5.41) is 18.5. The third-order valence-electron chi connectivity index (χ3n) is 11.2. The van der Waals surface area contributed by atoms with E-state index < -0.39 is 37.2 Å². The molecule has 18 heteroatoms. The minimum absolute atomic E-state index is 0.000147. The van der Waals surface area contributed by atoms with Crippen molar-refractivity contribution >= 4 is 60.4 Å². The molecule has 15 nitrogen and oxygen atoms in total. The van der Waals surface area contributed by atoms with Gasteiger partial charge in [-0.15, -0.1) is 11.3 Å². The summed E-state index contributed by atoms with van der Waals surface area (Å²) in [6.45, 7) is 8.18. The quantitative estimate of drug-likeness (QED) is 0.365. The van der Waals surface area contributed by atoms with E-state index in [4.69, 9.17) is 14.8 Å². The molecule has 1 amide bonds. The zero-order valence-corrected chi connectivity index (χ0v) is 33.8. The second-order valence-corrected chi connectivity index (χ2v) is 20.0. The van der Waals surface area contributed by atoms with E-state index in [1.165, 1.54) is 31.2 Å². The van der Waals surface area contributed by atoms with Crippen LogP contribution in [0.25, 0.3) is 0 Å². The van der Waals surface area contributed by atoms with Gasteiger partial charge in [-0.1, -0.05) is 52.3 Å². The van der Waals surface area contributed by atoms with Gasteiger partial charge in [0, 0.05) is 96.6 Å². The first kappa shape index (κ1) is 39.9. The summed E-state index contributed by atoms with van der Waals surface area (Å²) in [5.41, 5.74) is 2.66. The van der Waals surface area contributed by atoms with E-state index in [1.54, 1.807) is 41.8 Å². The van der Waals surface area contributed by atoms with Crippen LogP contribution in [-0.2, 0) is 39.3 Å². The van der Waals surface area contributed by atoms with Crippen LogP contribution in [0.3, 0.4) is 0 Å². The second-order valence-electron chi connectivity index (χ2n) is 14.9. The molecule has 2 aromatic carbocycles. The zero-order valence-electron chi connectivity index (χ0n) is 31.4. The van der Waals surface area contributed by atoms with Crippen LogP contribution in [0, 0.1) is 13.8 Å². The Morgan fingerprint density at radius 2 is 1.25 bits per heavy atom. The van der Waals surface area contributed by atoms with Crippen LogP contribution < -0.4 is 4.90 Å². The number of benzene rings is 2. The van der Waals surface area contributed by atoms with E-state index in [0.29, 0.717) is 81.3 Å². The van der Waals surface area contributed by atoms with E-state index in [-0.39, 0.29) is 22.9 Å². The molecule has 56 heavy (non-hydrogen) atoms. The summed E-state index contributed by atoms with van der Waals surface area (Å²) >= 11 is 1.23. The van der Waals surface area contributed by atoms with Gasteiger partial charge in [0.2, 0.25) is 10.0 Å². The molecule has 5 aliphatic heterocycles. The average molecular weight is 827 g/mol. The molecule has 2 spiro atoms. The number of anilines is 1. The summed E-state index contributed by atoms with van der Waals surface area (Å²) in [7, 11) is -6.99. The van der Waals surface area contributed by atoms with Crippen molar-refractivity contribution in [2.45, 2.75) is 72.7 Å². The minimum atomic E-state index is -3.53. The number of carboxylic acids is 1. The molecule has 0 bridgehead atoms. The summed E-state index contributed by atoms with van der Waals surface area (Å²) in [5.74, 6) is -1.15. The molecular formula is C38H46N6O9S3. The lowest BCUT2D eigenvalue weighted by Crippen LogP contribution is -2.51. The van der Waals surface area contributed by atoms with Crippen molar-refractivity contribution in [1.29, 1.82) is 0 Å². The lowest BCUT2D eigenvalue weighted by Gasteiger charge is -2.37. The van der Waals surface area contributed by atoms with Crippen LogP contribution in [0.4, 0.5) is 5.69 Å². The Bertz CT molecular complexity index is 2200. The van der Waals surface area contributed by atoms with Gasteiger partial charge >= 0.3 is 5.97 Å². The van der Waals surface area contributed by atoms with Gasteiger partial charge in [0.05, 0.1) is 4.90 Å². The van der Waals surface area contributed by atoms with Crippen molar-refractivity contribution < 1.29 is 41.2 Å². The van der Waals surface area contributed by atoms with Crippen molar-refractivity contribution in [3.8, 4) is 0 Å². The molecular weight excluding hydrogens is 781 g/mol. The third-order valence-corrected chi connectivity index (χ3v) is 16.4. The maximum absolute atomic E-state index is 13.1. The normalized spacial score (nSPS) is 21.1. The van der Waals surface area contributed by atoms with Crippen LogP contribution in [0.1, 0.15) is 49.7 Å². The molecule has 300 valence electrons. The Morgan fingerprint density at radius 1 is 0.696 bits per heavy atom. The van der Waals surface area contributed by atoms with Gasteiger partial charge < -0.3 is 24.6 Å². The number of sulfonamides is 2. The van der Waals surface area contributed by atoms with Crippen molar-refractivity contribution in [1.82, 2.24) is 13.5 Å². The maximum atomic E-state index is 13.1. The first-order valence-electron chi connectivity index (χ1n) is 18.6. The third kappa shape index (κ3) is 8.20. The number of hydrogen-bond donors (Lipinski definition) is 1. The van der Waals surface area contributed by atoms with Crippen LogP contribution in [0.5, 0.6) is 0 Å². The van der Waals surface area contributed by atoms with Gasteiger partial charge in [0.1, 0.15) is 21.1 Å². The highest BCUT2D eigenvalue weighted by Crippen LogP contribution is 2.38. The molecule has 0 saturated carbocycles. The van der Waals surface area contributed by atoms with Crippen LogP contribution in [-0.4, -0.2) is 122 Å². The Labute approximate surface area is 331 Å². The number of piperazine rings is 1. The fraction of sp³-hybridized carbons (Fsp3) is 0.474. The average Bonchev–Trinajstić information content (AvgIpc) is 3.98. The topological polar surface area (TPSA) is 179 Å². The van der Waals surface area contributed by atoms with Crippen molar-refractivity contribution in [3.05, 3.63) is 77.2 Å². The van der Waals surface area contributed by atoms with Gasteiger partial charge in [-0.05, 0) is 49.1 Å². The number of amides is 1. The molecule has 3 aromatic rings. The fourth-order valence-electron chi connectivity index (χ4n) is 7.72. The molecule has 0 atom stereocenters. The fourth-order valence-corrected chi connectivity index (χ4v) is 11.8. The Hall–Kier alpha value is -4.36. The standard InChI is InChI=1S/C23H28N4O4S2.C15H18N2O5S/c1-18-5-2-3-6-20(18)25-12-14-26(15-13-25)22(28)19-17-23(31-24-19)8-10-27(11-9-23)33(29,30)21-7-4-16-32-21;1-11-2-4-12(5-3-11)23(20,21)17-8-6-15(7-9-17)10-13(14(18)19)16-22-15/h2-7,16H,8-15,17H2,1H3;2-5H,6-10H2,1H3,(H,18,19). The Morgan fingerprint density at radius 3 is 1.79 bits per heavy atom. The number of aliphatic carboxylic acids is 1. The molecule has 6 heterocycles. The number of carboxylic acid groups (broad SMARTS) is 1. The second kappa shape index (κ2) is 15.9. The van der Waals surface area contributed by atoms with E-state index in [2.05, 4.69) is 34.3 Å². The number of rotatable bonds is 7. The van der Waals surface area contributed by atoms with Crippen LogP contribution in [0.15, 0.2) is 85.5 Å². The summed E-state index contributed by atoms with van der Waals surface area (Å²) < 4.78 is 54.1. The molecule has 0 unspecified atom stereocenters. The highest BCUT2D eigenvalue weighted by Gasteiger charge is 2.47. The lowest BCUT2D eigenvalue weighted by molar-refractivity contribution is -0.129. The SMILES string of the molecule is Cc1ccc(S(=O)(=O)N2CCC3(CC2)CC(C(=O)O)=NO3)cc1.Cc1ccccc1N1CCN(C(=O)C2=NOC3(CCN(S(=O)(=O)c4cccs4)CC3)C2)CC1. The molecule has 3 fully saturated rings. The van der Waals surface area contributed by atoms with E-state index >= 15 is 0 Å². The summed E-state index contributed by atoms with van der Waals surface area (Å²) in [6, 6.07) is 18.4. The Kier molecular flexibility index (Phi) is 11.3. The van der Waals surface area contributed by atoms with Gasteiger partial charge in [-0.3, -0.25) is 4.79 Å². The zero-order chi connectivity index (χ0) is 39.7. The van der Waals surface area contributed by atoms with E-state index in [1.807, 2.05) is 24.0 Å². The van der Waals surface area contributed by atoms with Gasteiger partial charge in [-0.25, -0.2) is 21.6 Å². The monoisotopic (exact) mass is 826 g/mol. The van der Waals surface area contributed by atoms with Crippen molar-refractivity contribution in [2.24, 2.45) is 10.3 Å². The number of nitrogens with zero attached hydrogens (tertiary/aromatic N) is 6. The van der Waals surface area contributed by atoms with Crippen molar-refractivity contribution in [2.75, 3.05) is 57.3 Å². The minimum Gasteiger partial charge on any atom is -0.477 e. The van der Waals surface area contributed by atoms with Gasteiger partial charge in [0.15, 0.2) is 5.71 Å². The molecule has 3 saturated heterocycles. The maximum Gasteiger partial charge on any atom is 0.353 e. The van der Waals surface area contributed by atoms with E-state index in [0.717, 1.165) is 18.7 Å². The highest BCUT2D eigenvalue weighted by atomic mass is 32.2. The first-order valence-corrected chi connectivity index (χ1v) is 22.4. The first-order chi connectivity index (χ1) is 26.7. The number of carbonyl (C=O) groups excluding carboxylic acids is 1. The molecule has 1 aromatic heterocycles. The van der Waals surface area contributed by atoms with Gasteiger partial charge in [0.25, 0.3) is 15.9 Å². The molecule has 0 aliphatic carbocycles. The predicted molar refractivity (Wildman–Crippen MR) is 211 cm³/mol. The smallest absolute Gasteiger partial charge is 0.353 e. The number of carbonyl (C=O) groups is 2. The molecule has 0 radical (unpaired) electrons. The number of thiophene rings is 1. The number of oxime groups is 2. The number of hydrogen-bond acceptors (Lipinski definition) is 12. The van der Waals surface area contributed by atoms with Crippen LogP contribution >= 0.6 is 11.3 Å². The number of piperidine rings is 2.